The predicted molar refractivity (Wildman–Crippen MR) is 86.1 cm³/mol. The van der Waals surface area contributed by atoms with Crippen LogP contribution >= 0.6 is 0 Å². The molecule has 1 aromatic heterocycles. The van der Waals surface area contributed by atoms with E-state index in [4.69, 9.17) is 10.5 Å². The van der Waals surface area contributed by atoms with Crippen LogP contribution in [0.2, 0.25) is 0 Å². The molecule has 0 bridgehead atoms. The third-order valence-corrected chi connectivity index (χ3v) is 3.13. The van der Waals surface area contributed by atoms with Gasteiger partial charge >= 0.3 is 0 Å². The van der Waals surface area contributed by atoms with Crippen LogP contribution in [0.5, 0.6) is 5.75 Å². The number of nitrogens with zero attached hydrogens (tertiary/aromatic N) is 3. The van der Waals surface area contributed by atoms with E-state index in [0.29, 0.717) is 24.6 Å². The van der Waals surface area contributed by atoms with Gasteiger partial charge in [-0.2, -0.15) is 5.10 Å². The minimum Gasteiger partial charge on any atom is -0.487 e. The molecule has 1 heterocycles. The highest BCUT2D eigenvalue weighted by Crippen LogP contribution is 2.33. The second-order valence-electron chi connectivity index (χ2n) is 4.72. The monoisotopic (exact) mass is 295 g/mol. The van der Waals surface area contributed by atoms with Gasteiger partial charge in [-0.15, -0.1) is 0 Å². The number of hydrogen-bond donors (Lipinski definition) is 2. The van der Waals surface area contributed by atoms with Crippen LogP contribution in [0.15, 0.2) is 61.2 Å². The van der Waals surface area contributed by atoms with Crippen molar-refractivity contribution in [3.8, 4) is 5.75 Å². The van der Waals surface area contributed by atoms with Crippen molar-refractivity contribution in [2.45, 2.75) is 6.54 Å². The molecule has 6 nitrogen and oxygen atoms in total. The Balaban J connectivity index is 1.72. The largest absolute Gasteiger partial charge is 0.487 e. The molecule has 0 radical (unpaired) electrons. The molecule has 3 rings (SSSR count). The molecule has 0 spiro atoms. The highest BCUT2D eigenvalue weighted by atomic mass is 16.5. The van der Waals surface area contributed by atoms with Crippen molar-refractivity contribution in [2.75, 3.05) is 17.7 Å². The van der Waals surface area contributed by atoms with Crippen molar-refractivity contribution in [3.05, 3.63) is 61.2 Å². The summed E-state index contributed by atoms with van der Waals surface area (Å²) in [7, 11) is 0. The minimum atomic E-state index is 0.459. The first-order chi connectivity index (χ1) is 10.8. The molecular weight excluding hydrogens is 278 g/mol. The summed E-state index contributed by atoms with van der Waals surface area (Å²) >= 11 is 0. The van der Waals surface area contributed by atoms with Gasteiger partial charge in [0.1, 0.15) is 19.3 Å². The maximum atomic E-state index is 6.03. The number of nitrogens with one attached hydrogen (secondary N) is 1. The highest BCUT2D eigenvalue weighted by molar-refractivity contribution is 5.73. The number of aromatic nitrogens is 3. The minimum absolute atomic E-state index is 0.459. The van der Waals surface area contributed by atoms with Gasteiger partial charge in [0.15, 0.2) is 5.75 Å². The first kappa shape index (κ1) is 13.9. The van der Waals surface area contributed by atoms with Crippen LogP contribution in [-0.4, -0.2) is 21.4 Å². The van der Waals surface area contributed by atoms with Gasteiger partial charge in [-0.1, -0.05) is 24.3 Å². The van der Waals surface area contributed by atoms with E-state index in [0.717, 1.165) is 11.4 Å². The second-order valence-corrected chi connectivity index (χ2v) is 4.72. The molecule has 0 saturated carbocycles. The first-order valence-electron chi connectivity index (χ1n) is 6.99. The zero-order chi connectivity index (χ0) is 15.2. The number of hydrogen-bond acceptors (Lipinski definition) is 5. The average molecular weight is 295 g/mol. The fraction of sp³-hybridized carbons (Fsp3) is 0.125. The highest BCUT2D eigenvalue weighted by Gasteiger charge is 2.08. The van der Waals surface area contributed by atoms with Crippen LogP contribution in [0.4, 0.5) is 17.1 Å². The number of ether oxygens (including phenoxy) is 1. The average Bonchev–Trinajstić information content (AvgIpc) is 3.04. The van der Waals surface area contributed by atoms with Crippen LogP contribution < -0.4 is 15.8 Å². The number of benzene rings is 2. The molecule has 3 aromatic rings. The van der Waals surface area contributed by atoms with Crippen LogP contribution in [0, 0.1) is 0 Å². The maximum absolute atomic E-state index is 6.03. The Hall–Kier alpha value is -3.02. The van der Waals surface area contributed by atoms with Gasteiger partial charge in [0.2, 0.25) is 0 Å². The topological polar surface area (TPSA) is 78.0 Å². The zero-order valence-electron chi connectivity index (χ0n) is 12.0. The SMILES string of the molecule is Nc1cccc(Nc2ccccc2)c1OCCn1cncn1. The summed E-state index contributed by atoms with van der Waals surface area (Å²) in [4.78, 5) is 3.90. The van der Waals surface area contributed by atoms with Gasteiger partial charge in [-0.25, -0.2) is 9.67 Å². The molecular formula is C16H17N5O. The van der Waals surface area contributed by atoms with Crippen molar-refractivity contribution in [1.82, 2.24) is 14.8 Å². The molecule has 22 heavy (non-hydrogen) atoms. The van der Waals surface area contributed by atoms with Crippen molar-refractivity contribution in [1.29, 1.82) is 0 Å². The molecule has 0 unspecified atom stereocenters. The summed E-state index contributed by atoms with van der Waals surface area (Å²) in [6, 6.07) is 15.5. The molecule has 3 N–H and O–H groups in total. The lowest BCUT2D eigenvalue weighted by molar-refractivity contribution is 0.294. The van der Waals surface area contributed by atoms with Crippen LogP contribution in [0.1, 0.15) is 0 Å². The van der Waals surface area contributed by atoms with Gasteiger partial charge in [0.25, 0.3) is 0 Å². The molecule has 0 amide bonds. The third kappa shape index (κ3) is 3.35. The van der Waals surface area contributed by atoms with Crippen LogP contribution in [-0.2, 0) is 6.54 Å². The summed E-state index contributed by atoms with van der Waals surface area (Å²) in [5.41, 5.74) is 8.45. The predicted octanol–water partition coefficient (Wildman–Crippen LogP) is 2.68. The van der Waals surface area contributed by atoms with Crippen molar-refractivity contribution >= 4 is 17.1 Å². The molecule has 112 valence electrons. The summed E-state index contributed by atoms with van der Waals surface area (Å²) < 4.78 is 7.55. The summed E-state index contributed by atoms with van der Waals surface area (Å²) in [6.07, 6.45) is 3.15. The van der Waals surface area contributed by atoms with E-state index in [1.807, 2.05) is 48.5 Å². The number of nitrogen functional groups attached to an aromatic ring is 1. The number of para-hydroxylation sites is 2. The number of anilines is 3. The fourth-order valence-electron chi connectivity index (χ4n) is 2.08. The summed E-state index contributed by atoms with van der Waals surface area (Å²) in [5, 5.41) is 7.36. The van der Waals surface area contributed by atoms with Gasteiger partial charge in [0.05, 0.1) is 17.9 Å². The Morgan fingerprint density at radius 3 is 2.73 bits per heavy atom. The number of nitrogens with two attached hydrogens (primary N) is 1. The van der Waals surface area contributed by atoms with E-state index >= 15 is 0 Å². The van der Waals surface area contributed by atoms with E-state index in [1.54, 1.807) is 11.0 Å². The quantitative estimate of drug-likeness (QED) is 0.684. The van der Waals surface area contributed by atoms with Crippen molar-refractivity contribution < 1.29 is 4.74 Å². The van der Waals surface area contributed by atoms with Crippen LogP contribution in [0.25, 0.3) is 0 Å². The molecule has 6 heteroatoms. The van der Waals surface area contributed by atoms with Gasteiger partial charge < -0.3 is 15.8 Å². The zero-order valence-corrected chi connectivity index (χ0v) is 12.0. The first-order valence-corrected chi connectivity index (χ1v) is 6.99. The van der Waals surface area contributed by atoms with Crippen molar-refractivity contribution in [3.63, 3.8) is 0 Å². The molecule has 0 aliphatic rings. The van der Waals surface area contributed by atoms with E-state index in [2.05, 4.69) is 15.4 Å². The summed E-state index contributed by atoms with van der Waals surface area (Å²) in [6.45, 7) is 1.07. The normalized spacial score (nSPS) is 10.4. The Morgan fingerprint density at radius 1 is 1.09 bits per heavy atom. The smallest absolute Gasteiger partial charge is 0.165 e. The van der Waals surface area contributed by atoms with Crippen LogP contribution in [0.3, 0.4) is 0 Å². The number of rotatable bonds is 6. The van der Waals surface area contributed by atoms with E-state index in [1.165, 1.54) is 6.33 Å². The van der Waals surface area contributed by atoms with Gasteiger partial charge in [0, 0.05) is 5.69 Å². The lowest BCUT2D eigenvalue weighted by Gasteiger charge is -2.15. The molecule has 0 saturated heterocycles. The molecule has 0 aliphatic heterocycles. The van der Waals surface area contributed by atoms with E-state index < -0.39 is 0 Å². The molecule has 2 aromatic carbocycles. The fourth-order valence-corrected chi connectivity index (χ4v) is 2.08. The molecule has 0 fully saturated rings. The lowest BCUT2D eigenvalue weighted by Crippen LogP contribution is -2.10. The molecule has 0 atom stereocenters. The Kier molecular flexibility index (Phi) is 4.20. The summed E-state index contributed by atoms with van der Waals surface area (Å²) in [5.74, 6) is 0.645. The van der Waals surface area contributed by atoms with Gasteiger partial charge in [-0.05, 0) is 24.3 Å². The van der Waals surface area contributed by atoms with Gasteiger partial charge in [-0.3, -0.25) is 0 Å². The molecule has 0 aliphatic carbocycles. The Morgan fingerprint density at radius 2 is 1.95 bits per heavy atom. The van der Waals surface area contributed by atoms with E-state index in [-0.39, 0.29) is 0 Å². The second kappa shape index (κ2) is 6.62. The van der Waals surface area contributed by atoms with E-state index in [9.17, 15) is 0 Å². The maximum Gasteiger partial charge on any atom is 0.165 e. The Labute approximate surface area is 128 Å². The standard InChI is InChI=1S/C16H17N5O/c17-14-7-4-8-15(20-13-5-2-1-3-6-13)16(14)22-10-9-21-12-18-11-19-21/h1-8,11-12,20H,9-10,17H2. The Bertz CT molecular complexity index is 713. The lowest BCUT2D eigenvalue weighted by atomic mass is 10.2. The third-order valence-electron chi connectivity index (χ3n) is 3.13. The van der Waals surface area contributed by atoms with Crippen molar-refractivity contribution in [2.24, 2.45) is 0 Å².